The molecule has 0 saturated heterocycles. The van der Waals surface area contributed by atoms with Crippen LogP contribution in [0.3, 0.4) is 0 Å². The van der Waals surface area contributed by atoms with E-state index in [1.54, 1.807) is 0 Å². The molecule has 0 rings (SSSR count). The fourth-order valence-corrected chi connectivity index (χ4v) is 0.271. The van der Waals surface area contributed by atoms with Gasteiger partial charge < -0.3 is 9.47 Å². The molecule has 3 heteroatoms. The Labute approximate surface area is 59.2 Å². The van der Waals surface area contributed by atoms with Crippen molar-refractivity contribution < 1.29 is 14.3 Å². The third-order valence-electron chi connectivity index (χ3n) is 0.596. The largest absolute Gasteiger partial charge is 0.435 e. The highest BCUT2D eigenvalue weighted by molar-refractivity contribution is 5.81. The van der Waals surface area contributed by atoms with Crippen LogP contribution in [-0.2, 0) is 14.3 Å². The second kappa shape index (κ2) is 4.38. The summed E-state index contributed by atoms with van der Waals surface area (Å²) in [5.41, 5.74) is 0. The van der Waals surface area contributed by atoms with E-state index >= 15 is 0 Å². The van der Waals surface area contributed by atoms with Crippen molar-refractivity contribution in [1.82, 2.24) is 0 Å². The van der Waals surface area contributed by atoms with Crippen molar-refractivity contribution in [2.24, 2.45) is 0 Å². The number of hydrogen-bond acceptors (Lipinski definition) is 3. The minimum absolute atomic E-state index is 0.111. The Kier molecular flexibility index (Phi) is 3.72. The van der Waals surface area contributed by atoms with Crippen molar-refractivity contribution in [3.8, 4) is 0 Å². The predicted molar refractivity (Wildman–Crippen MR) is 36.7 cm³/mol. The van der Waals surface area contributed by atoms with Crippen molar-refractivity contribution in [1.29, 1.82) is 0 Å². The fourth-order valence-electron chi connectivity index (χ4n) is 0.271. The molecule has 0 aliphatic rings. The lowest BCUT2D eigenvalue weighted by Gasteiger charge is -2.00. The molecule has 0 fully saturated rings. The van der Waals surface area contributed by atoms with Gasteiger partial charge in [0.1, 0.15) is 0 Å². The topological polar surface area (TPSA) is 35.5 Å². The summed E-state index contributed by atoms with van der Waals surface area (Å²) in [5.74, 6) is -0.716. The first-order valence-electron chi connectivity index (χ1n) is 2.51. The van der Waals surface area contributed by atoms with Crippen LogP contribution in [0, 0.1) is 0 Å². The third-order valence-corrected chi connectivity index (χ3v) is 0.596. The maximum absolute atomic E-state index is 10.4. The van der Waals surface area contributed by atoms with Crippen LogP contribution in [0.15, 0.2) is 38.0 Å². The molecule has 0 aliphatic carbocycles. The maximum Gasteiger partial charge on any atom is 0.337 e. The molecule has 3 nitrogen and oxygen atoms in total. The molecule has 0 atom stereocenters. The summed E-state index contributed by atoms with van der Waals surface area (Å²) >= 11 is 0. The van der Waals surface area contributed by atoms with Gasteiger partial charge in [0.25, 0.3) is 5.95 Å². The van der Waals surface area contributed by atoms with Gasteiger partial charge in [-0.25, -0.2) is 4.79 Å². The van der Waals surface area contributed by atoms with Gasteiger partial charge in [-0.1, -0.05) is 13.2 Å². The Morgan fingerprint density at radius 2 is 2.00 bits per heavy atom. The zero-order valence-electron chi connectivity index (χ0n) is 5.50. The van der Waals surface area contributed by atoms with Gasteiger partial charge in [-0.05, 0) is 6.58 Å². The fraction of sp³-hybridized carbons (Fsp3) is 0. The van der Waals surface area contributed by atoms with Gasteiger partial charge in [0, 0.05) is 6.08 Å². The molecule has 0 radical (unpaired) electrons. The highest BCUT2D eigenvalue weighted by Crippen LogP contribution is 1.96. The number of ether oxygens (including phenoxy) is 2. The molecular formula is C7H8O3. The second-order valence-corrected chi connectivity index (χ2v) is 1.28. The lowest BCUT2D eigenvalue weighted by Crippen LogP contribution is -1.99. The van der Waals surface area contributed by atoms with E-state index < -0.39 is 5.97 Å². The molecule has 0 aromatic heterocycles. The van der Waals surface area contributed by atoms with Crippen LogP contribution in [0.1, 0.15) is 0 Å². The molecule has 10 heavy (non-hydrogen) atoms. The molecular weight excluding hydrogens is 132 g/mol. The number of carbonyl (C=O) groups is 1. The molecule has 0 amide bonds. The summed E-state index contributed by atoms with van der Waals surface area (Å²) in [6.45, 7) is 9.66. The van der Waals surface area contributed by atoms with Crippen LogP contribution in [-0.4, -0.2) is 5.97 Å². The zero-order valence-corrected chi connectivity index (χ0v) is 5.50. The highest BCUT2D eigenvalue weighted by atomic mass is 16.7. The van der Waals surface area contributed by atoms with E-state index in [2.05, 4.69) is 29.2 Å². The van der Waals surface area contributed by atoms with Crippen LogP contribution in [0.4, 0.5) is 0 Å². The van der Waals surface area contributed by atoms with Gasteiger partial charge in [0.2, 0.25) is 0 Å². The minimum atomic E-state index is -0.605. The van der Waals surface area contributed by atoms with Gasteiger partial charge >= 0.3 is 5.97 Å². The van der Waals surface area contributed by atoms with Crippen LogP contribution in [0.2, 0.25) is 0 Å². The van der Waals surface area contributed by atoms with Gasteiger partial charge in [-0.3, -0.25) is 0 Å². The number of esters is 1. The quantitative estimate of drug-likeness (QED) is 0.336. The van der Waals surface area contributed by atoms with E-state index in [0.717, 1.165) is 12.3 Å². The Morgan fingerprint density at radius 3 is 2.40 bits per heavy atom. The summed E-state index contributed by atoms with van der Waals surface area (Å²) in [6, 6.07) is 0. The van der Waals surface area contributed by atoms with Crippen molar-refractivity contribution in [3.05, 3.63) is 38.0 Å². The van der Waals surface area contributed by atoms with Crippen molar-refractivity contribution >= 4 is 5.97 Å². The molecule has 0 spiro atoms. The average molecular weight is 140 g/mol. The molecule has 54 valence electrons. The number of carbonyl (C=O) groups excluding carboxylic acids is 1. The van der Waals surface area contributed by atoms with E-state index in [1.807, 2.05) is 0 Å². The Bertz CT molecular complexity index is 170. The van der Waals surface area contributed by atoms with E-state index in [-0.39, 0.29) is 5.95 Å². The Balaban J connectivity index is 3.67. The van der Waals surface area contributed by atoms with Crippen molar-refractivity contribution in [2.75, 3.05) is 0 Å². The molecule has 0 unspecified atom stereocenters. The average Bonchev–Trinajstić information content (AvgIpc) is 1.88. The van der Waals surface area contributed by atoms with Crippen LogP contribution in [0.5, 0.6) is 0 Å². The minimum Gasteiger partial charge on any atom is -0.435 e. The molecule has 0 aromatic carbocycles. The summed E-state index contributed by atoms with van der Waals surface area (Å²) in [6.07, 6.45) is 2.12. The van der Waals surface area contributed by atoms with E-state index in [4.69, 9.17) is 0 Å². The van der Waals surface area contributed by atoms with Gasteiger partial charge in [-0.2, -0.15) is 0 Å². The molecule has 0 bridgehead atoms. The molecule has 0 aliphatic heterocycles. The highest BCUT2D eigenvalue weighted by Gasteiger charge is 1.97. The van der Waals surface area contributed by atoms with Gasteiger partial charge in [0.15, 0.2) is 0 Å². The van der Waals surface area contributed by atoms with Gasteiger partial charge in [0.05, 0.1) is 6.26 Å². The SMILES string of the molecule is C=COC(=C)OC(=O)C=C. The lowest BCUT2D eigenvalue weighted by molar-refractivity contribution is -0.137. The van der Waals surface area contributed by atoms with Crippen molar-refractivity contribution in [2.45, 2.75) is 0 Å². The monoisotopic (exact) mass is 140 g/mol. The van der Waals surface area contributed by atoms with Crippen LogP contribution in [0.25, 0.3) is 0 Å². The summed E-state index contributed by atoms with van der Waals surface area (Å²) in [7, 11) is 0. The van der Waals surface area contributed by atoms with Crippen LogP contribution >= 0.6 is 0 Å². The predicted octanol–water partition coefficient (Wildman–Crippen LogP) is 1.35. The molecule has 0 heterocycles. The number of hydrogen-bond donors (Lipinski definition) is 0. The van der Waals surface area contributed by atoms with Crippen molar-refractivity contribution in [3.63, 3.8) is 0 Å². The van der Waals surface area contributed by atoms with E-state index in [9.17, 15) is 4.79 Å². The Morgan fingerprint density at radius 1 is 1.40 bits per heavy atom. The second-order valence-electron chi connectivity index (χ2n) is 1.28. The molecule has 0 saturated carbocycles. The zero-order chi connectivity index (χ0) is 7.98. The normalized spacial score (nSPS) is 7.60. The first-order valence-corrected chi connectivity index (χ1v) is 2.51. The van der Waals surface area contributed by atoms with Gasteiger partial charge in [-0.15, -0.1) is 0 Å². The van der Waals surface area contributed by atoms with E-state index in [0.29, 0.717) is 0 Å². The summed E-state index contributed by atoms with van der Waals surface area (Å²) in [4.78, 5) is 10.4. The first kappa shape index (κ1) is 8.49. The number of rotatable bonds is 4. The molecule has 0 N–H and O–H groups in total. The lowest BCUT2D eigenvalue weighted by atomic mass is 10.7. The van der Waals surface area contributed by atoms with E-state index in [1.165, 1.54) is 0 Å². The molecule has 0 aromatic rings. The third kappa shape index (κ3) is 3.49. The first-order chi connectivity index (χ1) is 4.70. The Hall–Kier alpha value is -1.51. The summed E-state index contributed by atoms with van der Waals surface area (Å²) in [5, 5.41) is 0. The maximum atomic E-state index is 10.4. The smallest absolute Gasteiger partial charge is 0.337 e. The van der Waals surface area contributed by atoms with Crippen LogP contribution < -0.4 is 0 Å². The summed E-state index contributed by atoms with van der Waals surface area (Å²) < 4.78 is 8.89. The standard InChI is InChI=1S/C7H8O3/c1-4-7(8)10-6(3)9-5-2/h4-5H,1-3H2.